The van der Waals surface area contributed by atoms with E-state index in [2.05, 4.69) is 20.3 Å². The molecule has 0 fully saturated rings. The molecule has 0 radical (unpaired) electrons. The summed E-state index contributed by atoms with van der Waals surface area (Å²) in [4.78, 5) is 6.91. The number of hydrogen-bond acceptors (Lipinski definition) is 4. The van der Waals surface area contributed by atoms with E-state index >= 15 is 0 Å². The number of fused-ring (bicyclic) bond motifs is 1. The van der Waals surface area contributed by atoms with Gasteiger partial charge in [-0.15, -0.1) is 5.10 Å². The quantitative estimate of drug-likeness (QED) is 0.686. The maximum atomic E-state index is 6.11. The van der Waals surface area contributed by atoms with Crippen molar-refractivity contribution in [1.82, 2.24) is 25.0 Å². The van der Waals surface area contributed by atoms with Gasteiger partial charge < -0.3 is 4.98 Å². The smallest absolute Gasteiger partial charge is 0.167 e. The highest BCUT2D eigenvalue weighted by Crippen LogP contribution is 2.21. The van der Waals surface area contributed by atoms with Gasteiger partial charge in [-0.25, -0.2) is 4.98 Å². The minimum absolute atomic E-state index is 0.414. The largest absolute Gasteiger partial charge is 0.329 e. The summed E-state index contributed by atoms with van der Waals surface area (Å²) >= 11 is 11.2. The van der Waals surface area contributed by atoms with E-state index in [1.54, 1.807) is 10.7 Å². The zero-order chi connectivity index (χ0) is 11.8. The van der Waals surface area contributed by atoms with Crippen LogP contribution in [0.1, 0.15) is 0 Å². The fraction of sp³-hybridized carbons (Fsp3) is 0. The number of aromatic nitrogens is 5. The first-order chi connectivity index (χ1) is 8.27. The first kappa shape index (κ1) is 10.4. The van der Waals surface area contributed by atoms with Gasteiger partial charge in [-0.2, -0.15) is 4.68 Å². The maximum absolute atomic E-state index is 6.11. The highest BCUT2D eigenvalue weighted by atomic mass is 35.5. The first-order valence-electron chi connectivity index (χ1n) is 4.81. The van der Waals surface area contributed by atoms with Gasteiger partial charge in [-0.1, -0.05) is 41.2 Å². The molecule has 0 unspecified atom stereocenters. The van der Waals surface area contributed by atoms with E-state index in [0.717, 1.165) is 5.69 Å². The van der Waals surface area contributed by atoms with Crippen LogP contribution in [0.4, 0.5) is 0 Å². The standard InChI is InChI=1S/C10H6ClN5S/c11-6-3-1-2-4-7(6)16-9-8(14-15-16)10(17)13-5-12-9/h1-5H,(H,12,13,17). The third-order valence-corrected chi connectivity index (χ3v) is 2.95. The zero-order valence-corrected chi connectivity index (χ0v) is 10.0. The fourth-order valence-corrected chi connectivity index (χ4v) is 1.97. The van der Waals surface area contributed by atoms with E-state index in [9.17, 15) is 0 Å². The average Bonchev–Trinajstić information content (AvgIpc) is 2.75. The van der Waals surface area contributed by atoms with E-state index in [-0.39, 0.29) is 0 Å². The predicted molar refractivity (Wildman–Crippen MR) is 66.9 cm³/mol. The Bertz CT molecular complexity index is 748. The molecule has 1 N–H and O–H groups in total. The lowest BCUT2D eigenvalue weighted by atomic mass is 10.3. The molecule has 3 aromatic rings. The number of benzene rings is 1. The molecule has 5 nitrogen and oxygen atoms in total. The number of hydrogen-bond donors (Lipinski definition) is 1. The summed E-state index contributed by atoms with van der Waals surface area (Å²) in [6.45, 7) is 0. The Kier molecular flexibility index (Phi) is 2.38. The Morgan fingerprint density at radius 3 is 2.94 bits per heavy atom. The van der Waals surface area contributed by atoms with Crippen molar-refractivity contribution < 1.29 is 0 Å². The van der Waals surface area contributed by atoms with Crippen molar-refractivity contribution in [1.29, 1.82) is 0 Å². The lowest BCUT2D eigenvalue weighted by Gasteiger charge is -2.03. The van der Waals surface area contributed by atoms with Gasteiger partial charge in [0.25, 0.3) is 0 Å². The molecule has 3 rings (SSSR count). The van der Waals surface area contributed by atoms with Crippen LogP contribution in [-0.4, -0.2) is 25.0 Å². The lowest BCUT2D eigenvalue weighted by Crippen LogP contribution is -1.98. The van der Waals surface area contributed by atoms with Gasteiger partial charge in [-0.05, 0) is 12.1 Å². The van der Waals surface area contributed by atoms with Gasteiger partial charge in [0.05, 0.1) is 17.0 Å². The van der Waals surface area contributed by atoms with Gasteiger partial charge >= 0.3 is 0 Å². The molecule has 0 amide bonds. The Hall–Kier alpha value is -1.79. The van der Waals surface area contributed by atoms with Crippen molar-refractivity contribution in [2.45, 2.75) is 0 Å². The molecule has 0 aliphatic carbocycles. The van der Waals surface area contributed by atoms with Crippen molar-refractivity contribution >= 4 is 35.0 Å². The molecule has 2 aromatic heterocycles. The van der Waals surface area contributed by atoms with Crippen molar-refractivity contribution in [3.63, 3.8) is 0 Å². The monoisotopic (exact) mass is 263 g/mol. The van der Waals surface area contributed by atoms with Crippen molar-refractivity contribution in [2.24, 2.45) is 0 Å². The minimum Gasteiger partial charge on any atom is -0.329 e. The third-order valence-electron chi connectivity index (χ3n) is 2.34. The Labute approximate surface area is 106 Å². The normalized spacial score (nSPS) is 10.9. The molecule has 84 valence electrons. The van der Waals surface area contributed by atoms with Crippen LogP contribution in [0.5, 0.6) is 0 Å². The summed E-state index contributed by atoms with van der Waals surface area (Å²) in [5, 5.41) is 8.62. The third kappa shape index (κ3) is 1.62. The molecule has 0 saturated carbocycles. The number of halogens is 1. The Balaban J connectivity index is 2.36. The molecule has 0 aliphatic heterocycles. The number of aromatic amines is 1. The molecular formula is C10H6ClN5S. The second kappa shape index (κ2) is 3.90. The van der Waals surface area contributed by atoms with Gasteiger partial charge in [0.1, 0.15) is 0 Å². The molecule has 1 aromatic carbocycles. The van der Waals surface area contributed by atoms with Crippen LogP contribution in [0.15, 0.2) is 30.6 Å². The average molecular weight is 264 g/mol. The summed E-state index contributed by atoms with van der Waals surface area (Å²) in [6, 6.07) is 7.38. The maximum Gasteiger partial charge on any atom is 0.167 e. The summed E-state index contributed by atoms with van der Waals surface area (Å²) < 4.78 is 2.02. The van der Waals surface area contributed by atoms with E-state index in [4.69, 9.17) is 23.8 Å². The zero-order valence-electron chi connectivity index (χ0n) is 8.46. The fourth-order valence-electron chi connectivity index (χ4n) is 1.56. The molecule has 7 heteroatoms. The molecule has 0 spiro atoms. The molecule has 2 heterocycles. The lowest BCUT2D eigenvalue weighted by molar-refractivity contribution is 0.817. The van der Waals surface area contributed by atoms with Gasteiger partial charge in [-0.3, -0.25) is 0 Å². The minimum atomic E-state index is 0.414. The number of rotatable bonds is 1. The molecular weight excluding hydrogens is 258 g/mol. The molecule has 0 atom stereocenters. The molecule has 0 saturated heterocycles. The summed E-state index contributed by atoms with van der Waals surface area (Å²) in [5.74, 6) is 0. The summed E-state index contributed by atoms with van der Waals surface area (Å²) in [7, 11) is 0. The number of para-hydroxylation sites is 1. The van der Waals surface area contributed by atoms with E-state index < -0.39 is 0 Å². The highest BCUT2D eigenvalue weighted by molar-refractivity contribution is 7.71. The van der Waals surface area contributed by atoms with Gasteiger partial charge in [0.15, 0.2) is 15.8 Å². The van der Waals surface area contributed by atoms with Crippen LogP contribution >= 0.6 is 23.8 Å². The second-order valence-electron chi connectivity index (χ2n) is 3.36. The van der Waals surface area contributed by atoms with Crippen molar-refractivity contribution in [3.8, 4) is 5.69 Å². The van der Waals surface area contributed by atoms with Gasteiger partial charge in [0.2, 0.25) is 0 Å². The Morgan fingerprint density at radius 2 is 2.12 bits per heavy atom. The van der Waals surface area contributed by atoms with E-state index in [1.807, 2.05) is 18.2 Å². The van der Waals surface area contributed by atoms with E-state index in [1.165, 1.54) is 6.33 Å². The number of nitrogens with zero attached hydrogens (tertiary/aromatic N) is 4. The SMILES string of the molecule is S=c1nc[nH]c2c1nnn2-c1ccccc1Cl. The summed E-state index contributed by atoms with van der Waals surface area (Å²) in [5.41, 5.74) is 1.98. The predicted octanol–water partition coefficient (Wildman–Crippen LogP) is 2.53. The topological polar surface area (TPSA) is 59.4 Å². The van der Waals surface area contributed by atoms with Gasteiger partial charge in [0, 0.05) is 0 Å². The van der Waals surface area contributed by atoms with Crippen LogP contribution < -0.4 is 0 Å². The number of H-pyrrole nitrogens is 1. The molecule has 0 bridgehead atoms. The van der Waals surface area contributed by atoms with Crippen LogP contribution in [0.2, 0.25) is 5.02 Å². The summed E-state index contributed by atoms with van der Waals surface area (Å²) in [6.07, 6.45) is 1.52. The second-order valence-corrected chi connectivity index (χ2v) is 4.15. The molecule has 17 heavy (non-hydrogen) atoms. The van der Waals surface area contributed by atoms with Crippen molar-refractivity contribution in [3.05, 3.63) is 40.3 Å². The molecule has 0 aliphatic rings. The highest BCUT2D eigenvalue weighted by Gasteiger charge is 2.10. The first-order valence-corrected chi connectivity index (χ1v) is 5.60. The van der Waals surface area contributed by atoms with Crippen molar-refractivity contribution in [2.75, 3.05) is 0 Å². The van der Waals surface area contributed by atoms with E-state index in [0.29, 0.717) is 20.8 Å². The van der Waals surface area contributed by atoms with Crippen LogP contribution in [0.25, 0.3) is 16.9 Å². The Morgan fingerprint density at radius 1 is 1.29 bits per heavy atom. The van der Waals surface area contributed by atoms with Crippen LogP contribution in [0.3, 0.4) is 0 Å². The van der Waals surface area contributed by atoms with Crippen LogP contribution in [0, 0.1) is 4.64 Å². The number of nitrogens with one attached hydrogen (secondary N) is 1. The van der Waals surface area contributed by atoms with Crippen LogP contribution in [-0.2, 0) is 0 Å².